The van der Waals surface area contributed by atoms with Crippen molar-refractivity contribution < 1.29 is 4.74 Å². The number of pyridine rings is 1. The minimum Gasteiger partial charge on any atom is -0.364 e. The Kier molecular flexibility index (Phi) is 2.68. The number of hydrogen-bond acceptors (Lipinski definition) is 3. The number of halogens is 1. The number of rotatable bonds is 2. The lowest BCUT2D eigenvalue weighted by Crippen LogP contribution is -2.27. The summed E-state index contributed by atoms with van der Waals surface area (Å²) in [4.78, 5) is 16.6. The first-order valence-corrected chi connectivity index (χ1v) is 6.16. The van der Waals surface area contributed by atoms with Gasteiger partial charge >= 0.3 is 5.69 Å². The van der Waals surface area contributed by atoms with Gasteiger partial charge in [-0.05, 0) is 34.1 Å². The molecule has 0 aliphatic carbocycles. The molecule has 3 heterocycles. The maximum absolute atomic E-state index is 12.3. The first-order valence-electron chi connectivity index (χ1n) is 5.36. The quantitative estimate of drug-likeness (QED) is 0.728. The second kappa shape index (κ2) is 4.22. The fourth-order valence-corrected chi connectivity index (χ4v) is 2.56. The predicted molar refractivity (Wildman–Crippen MR) is 71.7 cm³/mol. The number of hydrogen-bond donors (Lipinski definition) is 0. The normalized spacial score (nSPS) is 11.4. The van der Waals surface area contributed by atoms with Crippen molar-refractivity contribution in [2.24, 2.45) is 0 Å². The molecule has 3 aromatic heterocycles. The minimum atomic E-state index is -0.163. The molecule has 0 N–H and O–H groups in total. The molecule has 0 unspecified atom stereocenters. The molecule has 0 saturated heterocycles. The van der Waals surface area contributed by atoms with E-state index >= 15 is 0 Å². The first-order chi connectivity index (χ1) is 8.72. The number of aromatic nitrogens is 3. The van der Waals surface area contributed by atoms with E-state index in [0.717, 1.165) is 15.4 Å². The third-order valence-electron chi connectivity index (χ3n) is 2.78. The molecule has 0 aliphatic rings. The van der Waals surface area contributed by atoms with E-state index in [4.69, 9.17) is 4.74 Å². The van der Waals surface area contributed by atoms with E-state index in [0.29, 0.717) is 5.65 Å². The van der Waals surface area contributed by atoms with Crippen molar-refractivity contribution in [1.82, 2.24) is 14.0 Å². The molecule has 18 heavy (non-hydrogen) atoms. The summed E-state index contributed by atoms with van der Waals surface area (Å²) >= 11 is 3.47. The smallest absolute Gasteiger partial charge is 0.336 e. The molecule has 5 nitrogen and oxygen atoms in total. The van der Waals surface area contributed by atoms with E-state index in [1.54, 1.807) is 23.9 Å². The largest absolute Gasteiger partial charge is 0.364 e. The molecule has 0 fully saturated rings. The summed E-state index contributed by atoms with van der Waals surface area (Å²) in [7, 11) is 1.55. The van der Waals surface area contributed by atoms with Gasteiger partial charge in [-0.25, -0.2) is 14.2 Å². The van der Waals surface area contributed by atoms with Gasteiger partial charge in [0.15, 0.2) is 0 Å². The zero-order chi connectivity index (χ0) is 12.7. The van der Waals surface area contributed by atoms with Gasteiger partial charge in [0.05, 0.1) is 9.99 Å². The van der Waals surface area contributed by atoms with Gasteiger partial charge in [-0.15, -0.1) is 0 Å². The van der Waals surface area contributed by atoms with Crippen molar-refractivity contribution in [3.63, 3.8) is 0 Å². The molecular weight excluding hydrogens is 298 g/mol. The Morgan fingerprint density at radius 1 is 1.50 bits per heavy atom. The van der Waals surface area contributed by atoms with Gasteiger partial charge < -0.3 is 4.74 Å². The van der Waals surface area contributed by atoms with Crippen molar-refractivity contribution in [3.8, 4) is 0 Å². The zero-order valence-corrected chi connectivity index (χ0v) is 11.2. The summed E-state index contributed by atoms with van der Waals surface area (Å²) in [5.41, 5.74) is 1.30. The molecule has 0 spiro atoms. The lowest BCUT2D eigenvalue weighted by atomic mass is 10.3. The zero-order valence-electron chi connectivity index (χ0n) is 9.63. The minimum absolute atomic E-state index is 0.163. The molecule has 0 aliphatic heterocycles. The Balaban J connectivity index is 2.50. The number of nitrogens with zero attached hydrogens (tertiary/aromatic N) is 3. The van der Waals surface area contributed by atoms with Crippen LogP contribution in [0.3, 0.4) is 0 Å². The van der Waals surface area contributed by atoms with Crippen LogP contribution < -0.4 is 5.69 Å². The highest BCUT2D eigenvalue weighted by molar-refractivity contribution is 9.10. The van der Waals surface area contributed by atoms with Crippen LogP contribution in [0.4, 0.5) is 0 Å². The van der Waals surface area contributed by atoms with E-state index in [1.165, 1.54) is 4.57 Å². The average Bonchev–Trinajstić information content (AvgIpc) is 2.76. The van der Waals surface area contributed by atoms with Gasteiger partial charge in [0.2, 0.25) is 0 Å². The Morgan fingerprint density at radius 2 is 2.33 bits per heavy atom. The average molecular weight is 308 g/mol. The topological polar surface area (TPSA) is 48.5 Å². The maximum Gasteiger partial charge on any atom is 0.336 e. The molecule has 3 rings (SSSR count). The number of fused-ring (bicyclic) bond motifs is 3. The molecule has 0 aromatic carbocycles. The van der Waals surface area contributed by atoms with E-state index in [9.17, 15) is 4.79 Å². The van der Waals surface area contributed by atoms with E-state index in [2.05, 4.69) is 20.9 Å². The standard InChI is InChI=1S/C12H10BrN3O2/c1-18-7-15-6-9(13)10-5-8-3-2-4-14-11(8)16(10)12(15)17/h2-6H,7H2,1H3. The van der Waals surface area contributed by atoms with Crippen molar-refractivity contribution in [2.75, 3.05) is 7.11 Å². The van der Waals surface area contributed by atoms with Crippen LogP contribution in [-0.4, -0.2) is 21.1 Å². The molecule has 92 valence electrons. The van der Waals surface area contributed by atoms with Crippen molar-refractivity contribution >= 4 is 32.5 Å². The lowest BCUT2D eigenvalue weighted by Gasteiger charge is -2.06. The van der Waals surface area contributed by atoms with Gasteiger partial charge in [-0.1, -0.05) is 0 Å². The third-order valence-corrected chi connectivity index (χ3v) is 3.39. The fourth-order valence-electron chi connectivity index (χ4n) is 2.02. The summed E-state index contributed by atoms with van der Waals surface area (Å²) < 4.78 is 8.91. The predicted octanol–water partition coefficient (Wildman–Crippen LogP) is 2.02. The molecular formula is C12H10BrN3O2. The highest BCUT2D eigenvalue weighted by Crippen LogP contribution is 2.22. The van der Waals surface area contributed by atoms with Crippen LogP contribution in [0.2, 0.25) is 0 Å². The van der Waals surface area contributed by atoms with Crippen LogP contribution in [0.1, 0.15) is 0 Å². The Labute approximate surface area is 111 Å². The van der Waals surface area contributed by atoms with Crippen molar-refractivity contribution in [1.29, 1.82) is 0 Å². The summed E-state index contributed by atoms with van der Waals surface area (Å²) in [6.07, 6.45) is 3.40. The summed E-state index contributed by atoms with van der Waals surface area (Å²) in [6.45, 7) is 0.208. The van der Waals surface area contributed by atoms with Crippen LogP contribution in [0.15, 0.2) is 39.9 Å². The molecule has 0 atom stereocenters. The van der Waals surface area contributed by atoms with Gasteiger partial charge in [-0.3, -0.25) is 4.57 Å². The van der Waals surface area contributed by atoms with E-state index in [-0.39, 0.29) is 12.4 Å². The fraction of sp³-hybridized carbons (Fsp3) is 0.167. The summed E-state index contributed by atoms with van der Waals surface area (Å²) in [5, 5.41) is 0.936. The highest BCUT2D eigenvalue weighted by Gasteiger charge is 2.11. The van der Waals surface area contributed by atoms with Crippen LogP contribution in [-0.2, 0) is 11.5 Å². The Morgan fingerprint density at radius 3 is 3.11 bits per heavy atom. The van der Waals surface area contributed by atoms with Crippen LogP contribution in [0.25, 0.3) is 16.6 Å². The van der Waals surface area contributed by atoms with Gasteiger partial charge in [-0.2, -0.15) is 0 Å². The number of methoxy groups -OCH3 is 1. The molecule has 0 saturated carbocycles. The molecule has 0 radical (unpaired) electrons. The van der Waals surface area contributed by atoms with E-state index < -0.39 is 0 Å². The Hall–Kier alpha value is -1.66. The molecule has 0 amide bonds. The Bertz CT molecular complexity index is 791. The molecule has 6 heteroatoms. The first kappa shape index (κ1) is 11.4. The monoisotopic (exact) mass is 307 g/mol. The molecule has 0 bridgehead atoms. The van der Waals surface area contributed by atoms with Crippen LogP contribution in [0, 0.1) is 0 Å². The van der Waals surface area contributed by atoms with Gasteiger partial charge in [0.25, 0.3) is 0 Å². The molecule has 3 aromatic rings. The summed E-state index contributed by atoms with van der Waals surface area (Å²) in [6, 6.07) is 5.72. The van der Waals surface area contributed by atoms with Crippen LogP contribution >= 0.6 is 15.9 Å². The van der Waals surface area contributed by atoms with Gasteiger partial charge in [0, 0.05) is 24.9 Å². The second-order valence-corrected chi connectivity index (χ2v) is 4.78. The van der Waals surface area contributed by atoms with Crippen molar-refractivity contribution in [3.05, 3.63) is 45.5 Å². The van der Waals surface area contributed by atoms with Gasteiger partial charge in [0.1, 0.15) is 12.4 Å². The van der Waals surface area contributed by atoms with Crippen LogP contribution in [0.5, 0.6) is 0 Å². The van der Waals surface area contributed by atoms with Crippen molar-refractivity contribution in [2.45, 2.75) is 6.73 Å². The SMILES string of the molecule is COCn1cc(Br)c2cc3cccnc3n2c1=O. The lowest BCUT2D eigenvalue weighted by molar-refractivity contribution is 0.126. The number of ether oxygens (including phenoxy) is 1. The van der Waals surface area contributed by atoms with E-state index in [1.807, 2.05) is 18.2 Å². The third kappa shape index (κ3) is 1.57. The maximum atomic E-state index is 12.3. The summed E-state index contributed by atoms with van der Waals surface area (Å²) in [5.74, 6) is 0. The highest BCUT2D eigenvalue weighted by atomic mass is 79.9. The second-order valence-electron chi connectivity index (χ2n) is 3.93.